The molecular formula is C14H20N4O3. The molecule has 0 atom stereocenters. The zero-order chi connectivity index (χ0) is 15.7. The lowest BCUT2D eigenvalue weighted by atomic mass is 10.2. The third-order valence-electron chi connectivity index (χ3n) is 2.86. The van der Waals surface area contributed by atoms with Gasteiger partial charge in [-0.3, -0.25) is 0 Å². The second kappa shape index (κ2) is 8.57. The number of hydrogen-bond acceptors (Lipinski definition) is 5. The summed E-state index contributed by atoms with van der Waals surface area (Å²) in [4.78, 5) is 11.6. The molecule has 1 aromatic rings. The second-order valence-electron chi connectivity index (χ2n) is 4.43. The molecule has 0 saturated heterocycles. The maximum absolute atomic E-state index is 11.6. The van der Waals surface area contributed by atoms with Crippen LogP contribution in [0.25, 0.3) is 0 Å². The number of nitrogens with one attached hydrogen (secondary N) is 3. The van der Waals surface area contributed by atoms with Crippen LogP contribution in [-0.4, -0.2) is 22.8 Å². The Hall–Kier alpha value is -2.57. The Labute approximate surface area is 123 Å². The molecule has 1 rings (SSSR count). The number of benzene rings is 1. The molecule has 0 fully saturated rings. The van der Waals surface area contributed by atoms with E-state index in [1.54, 1.807) is 6.08 Å². The maximum atomic E-state index is 11.6. The minimum Gasteiger partial charge on any atom is -0.504 e. The Morgan fingerprint density at radius 2 is 2.10 bits per heavy atom. The van der Waals surface area contributed by atoms with Crippen molar-refractivity contribution in [2.24, 2.45) is 5.11 Å². The Kier molecular flexibility index (Phi) is 6.73. The van der Waals surface area contributed by atoms with Crippen molar-refractivity contribution in [3.8, 4) is 11.5 Å². The van der Waals surface area contributed by atoms with Crippen LogP contribution in [0.4, 0.5) is 10.5 Å². The van der Waals surface area contributed by atoms with E-state index >= 15 is 0 Å². The summed E-state index contributed by atoms with van der Waals surface area (Å²) >= 11 is 0. The molecule has 0 heterocycles. The van der Waals surface area contributed by atoms with Crippen LogP contribution in [-0.2, 0) is 0 Å². The lowest BCUT2D eigenvalue weighted by molar-refractivity contribution is 0.252. The molecule has 5 N–H and O–H groups in total. The SMILES string of the molecule is C/C=C(/CCCCNC(=O)Nc1ccc(O)c(O)c1)N=N. The first kappa shape index (κ1) is 16.5. The van der Waals surface area contributed by atoms with Crippen molar-refractivity contribution >= 4 is 11.7 Å². The fraction of sp³-hybridized carbons (Fsp3) is 0.357. The van der Waals surface area contributed by atoms with Crippen LogP contribution in [0.3, 0.4) is 0 Å². The van der Waals surface area contributed by atoms with Crippen LogP contribution in [0, 0.1) is 5.53 Å². The quantitative estimate of drug-likeness (QED) is 0.229. The van der Waals surface area contributed by atoms with E-state index in [1.165, 1.54) is 18.2 Å². The van der Waals surface area contributed by atoms with Crippen LogP contribution in [0.1, 0.15) is 26.2 Å². The van der Waals surface area contributed by atoms with Gasteiger partial charge < -0.3 is 20.8 Å². The Bertz CT molecular complexity index is 529. The van der Waals surface area contributed by atoms with Gasteiger partial charge in [0.05, 0.1) is 5.70 Å². The maximum Gasteiger partial charge on any atom is 0.319 e. The van der Waals surface area contributed by atoms with Crippen molar-refractivity contribution in [2.75, 3.05) is 11.9 Å². The van der Waals surface area contributed by atoms with Gasteiger partial charge in [-0.2, -0.15) is 5.11 Å². The summed E-state index contributed by atoms with van der Waals surface area (Å²) in [6, 6.07) is 3.68. The van der Waals surface area contributed by atoms with Crippen LogP contribution in [0.2, 0.25) is 0 Å². The number of anilines is 1. The number of nitrogens with zero attached hydrogens (tertiary/aromatic N) is 1. The number of hydrogen-bond donors (Lipinski definition) is 5. The van der Waals surface area contributed by atoms with E-state index < -0.39 is 0 Å². The van der Waals surface area contributed by atoms with Crippen LogP contribution in [0.15, 0.2) is 35.1 Å². The summed E-state index contributed by atoms with van der Waals surface area (Å²) in [6.07, 6.45) is 4.13. The van der Waals surface area contributed by atoms with Gasteiger partial charge in [0.1, 0.15) is 0 Å². The van der Waals surface area contributed by atoms with Gasteiger partial charge >= 0.3 is 6.03 Å². The fourth-order valence-electron chi connectivity index (χ4n) is 1.67. The van der Waals surface area contributed by atoms with E-state index in [2.05, 4.69) is 15.7 Å². The van der Waals surface area contributed by atoms with Crippen molar-refractivity contribution in [3.05, 3.63) is 30.0 Å². The monoisotopic (exact) mass is 292 g/mol. The van der Waals surface area contributed by atoms with Crippen LogP contribution >= 0.6 is 0 Å². The van der Waals surface area contributed by atoms with Crippen molar-refractivity contribution in [2.45, 2.75) is 26.2 Å². The highest BCUT2D eigenvalue weighted by Crippen LogP contribution is 2.27. The van der Waals surface area contributed by atoms with Crippen molar-refractivity contribution < 1.29 is 15.0 Å². The second-order valence-corrected chi connectivity index (χ2v) is 4.43. The van der Waals surface area contributed by atoms with Crippen molar-refractivity contribution in [1.29, 1.82) is 5.53 Å². The van der Waals surface area contributed by atoms with E-state index in [1.807, 2.05) is 6.92 Å². The Morgan fingerprint density at radius 3 is 2.71 bits per heavy atom. The molecule has 0 spiro atoms. The molecule has 0 aliphatic heterocycles. The summed E-state index contributed by atoms with van der Waals surface area (Å²) < 4.78 is 0. The van der Waals surface area contributed by atoms with E-state index in [9.17, 15) is 9.90 Å². The molecule has 21 heavy (non-hydrogen) atoms. The number of amides is 2. The number of carbonyl (C=O) groups is 1. The third kappa shape index (κ3) is 5.94. The number of rotatable bonds is 7. The molecular weight excluding hydrogens is 272 g/mol. The van der Waals surface area contributed by atoms with Gasteiger partial charge in [-0.25, -0.2) is 10.3 Å². The largest absolute Gasteiger partial charge is 0.504 e. The van der Waals surface area contributed by atoms with E-state index in [0.717, 1.165) is 25.0 Å². The van der Waals surface area contributed by atoms with E-state index in [-0.39, 0.29) is 17.5 Å². The summed E-state index contributed by atoms with van der Waals surface area (Å²) in [7, 11) is 0. The van der Waals surface area contributed by atoms with Crippen molar-refractivity contribution in [1.82, 2.24) is 5.32 Å². The molecule has 0 aromatic heterocycles. The number of phenolic OH excluding ortho intramolecular Hbond substituents is 2. The zero-order valence-electron chi connectivity index (χ0n) is 11.9. The molecule has 2 amide bonds. The first-order chi connectivity index (χ1) is 10.1. The molecule has 0 unspecified atom stereocenters. The zero-order valence-corrected chi connectivity index (χ0v) is 11.9. The summed E-state index contributed by atoms with van der Waals surface area (Å²) in [6.45, 7) is 2.34. The van der Waals surface area contributed by atoms with Gasteiger partial charge in [0.2, 0.25) is 0 Å². The Morgan fingerprint density at radius 1 is 1.33 bits per heavy atom. The molecule has 0 radical (unpaired) electrons. The predicted octanol–water partition coefficient (Wildman–Crippen LogP) is 3.32. The number of aromatic hydroxyl groups is 2. The number of allylic oxidation sites excluding steroid dienone is 2. The first-order valence-electron chi connectivity index (χ1n) is 6.66. The number of unbranched alkanes of at least 4 members (excludes halogenated alkanes) is 1. The number of urea groups is 1. The topological polar surface area (TPSA) is 118 Å². The molecule has 0 aliphatic carbocycles. The van der Waals surface area contributed by atoms with Gasteiger partial charge in [-0.05, 0) is 38.3 Å². The molecule has 0 aliphatic rings. The van der Waals surface area contributed by atoms with E-state index in [0.29, 0.717) is 12.2 Å². The molecule has 1 aromatic carbocycles. The first-order valence-corrected chi connectivity index (χ1v) is 6.66. The van der Waals surface area contributed by atoms with Crippen molar-refractivity contribution in [3.63, 3.8) is 0 Å². The predicted molar refractivity (Wildman–Crippen MR) is 79.5 cm³/mol. The molecule has 7 heteroatoms. The fourth-order valence-corrected chi connectivity index (χ4v) is 1.67. The number of phenols is 2. The van der Waals surface area contributed by atoms with Crippen LogP contribution < -0.4 is 10.6 Å². The van der Waals surface area contributed by atoms with Gasteiger partial charge in [0, 0.05) is 18.3 Å². The smallest absolute Gasteiger partial charge is 0.319 e. The third-order valence-corrected chi connectivity index (χ3v) is 2.86. The average Bonchev–Trinajstić information content (AvgIpc) is 2.47. The highest BCUT2D eigenvalue weighted by molar-refractivity contribution is 5.89. The standard InChI is InChI=1S/C14H20N4O3/c1-2-10(18-15)5-3-4-8-16-14(21)17-11-6-7-12(19)13(20)9-11/h2,6-7,9,15,19-20H,3-5,8H2,1H3,(H2,16,17,21)/b10-2-,18-15?. The van der Waals surface area contributed by atoms with Gasteiger partial charge in [0.15, 0.2) is 11.5 Å². The van der Waals surface area contributed by atoms with Gasteiger partial charge in [-0.15, -0.1) is 0 Å². The molecule has 0 bridgehead atoms. The number of carbonyl (C=O) groups excluding carboxylic acids is 1. The summed E-state index contributed by atoms with van der Waals surface area (Å²) in [5.41, 5.74) is 8.04. The molecule has 114 valence electrons. The average molecular weight is 292 g/mol. The molecule has 7 nitrogen and oxygen atoms in total. The summed E-state index contributed by atoms with van der Waals surface area (Å²) in [5.74, 6) is -0.522. The highest BCUT2D eigenvalue weighted by atomic mass is 16.3. The van der Waals surface area contributed by atoms with Crippen LogP contribution in [0.5, 0.6) is 11.5 Å². The highest BCUT2D eigenvalue weighted by Gasteiger charge is 2.04. The van der Waals surface area contributed by atoms with E-state index in [4.69, 9.17) is 10.6 Å². The Balaban J connectivity index is 2.25. The van der Waals surface area contributed by atoms with Gasteiger partial charge in [0.25, 0.3) is 0 Å². The minimum absolute atomic E-state index is 0.236. The molecule has 0 saturated carbocycles. The van der Waals surface area contributed by atoms with Gasteiger partial charge in [-0.1, -0.05) is 6.08 Å². The normalized spacial score (nSPS) is 11.0. The minimum atomic E-state index is -0.378. The lowest BCUT2D eigenvalue weighted by Crippen LogP contribution is -2.29. The lowest BCUT2D eigenvalue weighted by Gasteiger charge is -2.08. The summed E-state index contributed by atoms with van der Waals surface area (Å²) in [5, 5.41) is 27.1.